The Morgan fingerprint density at radius 3 is 2.78 bits per heavy atom. The van der Waals surface area contributed by atoms with Crippen LogP contribution in [0.5, 0.6) is 0 Å². The summed E-state index contributed by atoms with van der Waals surface area (Å²) >= 11 is 0. The molecule has 1 aromatic carbocycles. The monoisotopic (exact) mass is 370 g/mol. The first-order valence-electron chi connectivity index (χ1n) is 8.92. The largest absolute Gasteiger partial charge is 0.351 e. The summed E-state index contributed by atoms with van der Waals surface area (Å²) in [5, 5.41) is 11.2. The molecule has 2 aromatic heterocycles. The van der Waals surface area contributed by atoms with Crippen LogP contribution in [0, 0.1) is 18.7 Å². The average molecular weight is 370 g/mol. The molecule has 0 bridgehead atoms. The third kappa shape index (κ3) is 4.24. The van der Waals surface area contributed by atoms with Crippen molar-refractivity contribution in [1.82, 2.24) is 20.3 Å². The Morgan fingerprint density at radius 1 is 1.30 bits per heavy atom. The number of amides is 1. The summed E-state index contributed by atoms with van der Waals surface area (Å²) in [7, 11) is 0. The molecular formula is C20H23FN4O2. The quantitative estimate of drug-likeness (QED) is 0.712. The zero-order valence-corrected chi connectivity index (χ0v) is 15.9. The Bertz CT molecular complexity index is 945. The lowest BCUT2D eigenvalue weighted by molar-refractivity contribution is 0.0902. The van der Waals surface area contributed by atoms with Gasteiger partial charge in [0.1, 0.15) is 5.82 Å². The number of nitrogens with zero attached hydrogens (tertiary/aromatic N) is 3. The summed E-state index contributed by atoms with van der Waals surface area (Å²) in [5.41, 5.74) is 3.06. The number of carbonyl (C=O) groups excluding carboxylic acids is 1. The molecule has 0 aliphatic rings. The lowest BCUT2D eigenvalue weighted by Gasteiger charge is -2.13. The van der Waals surface area contributed by atoms with E-state index in [0.29, 0.717) is 11.6 Å². The molecule has 27 heavy (non-hydrogen) atoms. The number of halogens is 1. The van der Waals surface area contributed by atoms with Gasteiger partial charge < -0.3 is 9.84 Å². The molecule has 0 aliphatic heterocycles. The molecule has 1 N–H and O–H groups in total. The normalized spacial score (nSPS) is 12.4. The van der Waals surface area contributed by atoms with Gasteiger partial charge >= 0.3 is 0 Å². The molecule has 6 nitrogen and oxygen atoms in total. The van der Waals surface area contributed by atoms with Gasteiger partial charge in [0.2, 0.25) is 5.76 Å². The van der Waals surface area contributed by atoms with Crippen LogP contribution in [-0.2, 0) is 6.42 Å². The maximum atomic E-state index is 13.5. The molecule has 1 amide bonds. The Labute approximate surface area is 157 Å². The number of rotatable bonds is 6. The molecule has 0 saturated heterocycles. The van der Waals surface area contributed by atoms with Crippen LogP contribution in [0.2, 0.25) is 0 Å². The molecule has 0 aliphatic carbocycles. The summed E-state index contributed by atoms with van der Waals surface area (Å²) in [5.74, 6) is -0.0374. The van der Waals surface area contributed by atoms with E-state index in [-0.39, 0.29) is 23.5 Å². The van der Waals surface area contributed by atoms with Crippen LogP contribution in [0.25, 0.3) is 5.69 Å². The smallest absolute Gasteiger partial charge is 0.290 e. The summed E-state index contributed by atoms with van der Waals surface area (Å²) in [6, 6.07) is 7.59. The van der Waals surface area contributed by atoms with Gasteiger partial charge in [0, 0.05) is 17.3 Å². The minimum absolute atomic E-state index is 0.188. The molecule has 2 heterocycles. The van der Waals surface area contributed by atoms with Crippen LogP contribution < -0.4 is 5.32 Å². The van der Waals surface area contributed by atoms with Crippen molar-refractivity contribution in [2.45, 2.75) is 40.2 Å². The molecule has 1 unspecified atom stereocenters. The van der Waals surface area contributed by atoms with Gasteiger partial charge in [-0.15, -0.1) is 0 Å². The Morgan fingerprint density at radius 2 is 2.07 bits per heavy atom. The average Bonchev–Trinajstić information content (AvgIpc) is 3.21. The van der Waals surface area contributed by atoms with E-state index in [0.717, 1.165) is 23.4 Å². The van der Waals surface area contributed by atoms with E-state index in [1.807, 2.05) is 13.8 Å². The molecule has 0 radical (unpaired) electrons. The van der Waals surface area contributed by atoms with Crippen LogP contribution in [-0.4, -0.2) is 20.8 Å². The maximum Gasteiger partial charge on any atom is 0.290 e. The summed E-state index contributed by atoms with van der Waals surface area (Å²) < 4.78 is 20.3. The molecule has 0 fully saturated rings. The SMILES string of the molecule is Cc1c(C(C)NC(=O)c2cc(CC(C)C)no2)cnn1-c1cccc(F)c1. The zero-order chi connectivity index (χ0) is 19.6. The van der Waals surface area contributed by atoms with Gasteiger partial charge in [-0.3, -0.25) is 4.79 Å². The van der Waals surface area contributed by atoms with Crippen molar-refractivity contribution in [3.05, 3.63) is 65.1 Å². The fourth-order valence-corrected chi connectivity index (χ4v) is 2.99. The van der Waals surface area contributed by atoms with E-state index in [4.69, 9.17) is 4.52 Å². The molecule has 3 aromatic rings. The van der Waals surface area contributed by atoms with Crippen LogP contribution in [0.15, 0.2) is 41.1 Å². The third-order valence-electron chi connectivity index (χ3n) is 4.31. The predicted octanol–water partition coefficient (Wildman–Crippen LogP) is 4.00. The van der Waals surface area contributed by atoms with Gasteiger partial charge in [0.25, 0.3) is 5.91 Å². The number of hydrogen-bond acceptors (Lipinski definition) is 4. The topological polar surface area (TPSA) is 73.0 Å². The predicted molar refractivity (Wildman–Crippen MR) is 99.2 cm³/mol. The molecule has 1 atom stereocenters. The fraction of sp³-hybridized carbons (Fsp3) is 0.350. The van der Waals surface area contributed by atoms with E-state index >= 15 is 0 Å². The fourth-order valence-electron chi connectivity index (χ4n) is 2.99. The van der Waals surface area contributed by atoms with E-state index in [9.17, 15) is 9.18 Å². The van der Waals surface area contributed by atoms with Crippen LogP contribution in [0.1, 0.15) is 54.3 Å². The number of carbonyl (C=O) groups is 1. The standard InChI is InChI=1S/C20H23FN4O2/c1-12(2)8-16-10-19(27-24-16)20(26)23-13(3)18-11-22-25(14(18)4)17-7-5-6-15(21)9-17/h5-7,9-13H,8H2,1-4H3,(H,23,26). The minimum atomic E-state index is -0.331. The van der Waals surface area contributed by atoms with Crippen LogP contribution >= 0.6 is 0 Å². The Balaban J connectivity index is 1.74. The number of nitrogens with one attached hydrogen (secondary N) is 1. The van der Waals surface area contributed by atoms with Crippen molar-refractivity contribution < 1.29 is 13.7 Å². The van der Waals surface area contributed by atoms with Crippen LogP contribution in [0.4, 0.5) is 4.39 Å². The van der Waals surface area contributed by atoms with Gasteiger partial charge in [0.05, 0.1) is 23.6 Å². The second kappa shape index (κ2) is 7.73. The highest BCUT2D eigenvalue weighted by Crippen LogP contribution is 2.21. The summed E-state index contributed by atoms with van der Waals surface area (Å²) in [6.45, 7) is 7.90. The van der Waals surface area contributed by atoms with Gasteiger partial charge in [-0.25, -0.2) is 9.07 Å². The van der Waals surface area contributed by atoms with E-state index in [2.05, 4.69) is 29.4 Å². The van der Waals surface area contributed by atoms with Crippen LogP contribution in [0.3, 0.4) is 0 Å². The first kappa shape index (κ1) is 18.8. The first-order chi connectivity index (χ1) is 12.8. The van der Waals surface area contributed by atoms with E-state index < -0.39 is 0 Å². The van der Waals surface area contributed by atoms with Crippen molar-refractivity contribution in [3.8, 4) is 5.69 Å². The van der Waals surface area contributed by atoms with Gasteiger partial charge in [-0.1, -0.05) is 25.1 Å². The van der Waals surface area contributed by atoms with Crippen molar-refractivity contribution in [2.24, 2.45) is 5.92 Å². The van der Waals surface area contributed by atoms with Gasteiger partial charge in [-0.05, 0) is 44.4 Å². The minimum Gasteiger partial charge on any atom is -0.351 e. The third-order valence-corrected chi connectivity index (χ3v) is 4.31. The van der Waals surface area contributed by atoms with Gasteiger partial charge in [0.15, 0.2) is 0 Å². The molecular weight excluding hydrogens is 347 g/mol. The molecule has 0 saturated carbocycles. The molecule has 142 valence electrons. The highest BCUT2D eigenvalue weighted by molar-refractivity contribution is 5.91. The second-order valence-corrected chi connectivity index (χ2v) is 7.05. The second-order valence-electron chi connectivity index (χ2n) is 7.05. The van der Waals surface area contributed by atoms with Crippen molar-refractivity contribution in [3.63, 3.8) is 0 Å². The highest BCUT2D eigenvalue weighted by atomic mass is 19.1. The summed E-state index contributed by atoms with van der Waals surface area (Å²) in [6.07, 6.45) is 2.43. The molecule has 0 spiro atoms. The lowest BCUT2D eigenvalue weighted by Crippen LogP contribution is -2.26. The van der Waals surface area contributed by atoms with Gasteiger partial charge in [-0.2, -0.15) is 5.10 Å². The van der Waals surface area contributed by atoms with Crippen molar-refractivity contribution in [2.75, 3.05) is 0 Å². The zero-order valence-electron chi connectivity index (χ0n) is 15.9. The van der Waals surface area contributed by atoms with Crippen molar-refractivity contribution in [1.29, 1.82) is 0 Å². The number of hydrogen-bond donors (Lipinski definition) is 1. The van der Waals surface area contributed by atoms with E-state index in [1.54, 1.807) is 29.1 Å². The first-order valence-corrected chi connectivity index (χ1v) is 8.92. The Hall–Kier alpha value is -2.96. The summed E-state index contributed by atoms with van der Waals surface area (Å²) in [4.78, 5) is 12.4. The Kier molecular flexibility index (Phi) is 5.39. The molecule has 3 rings (SSSR count). The molecule has 7 heteroatoms. The van der Waals surface area contributed by atoms with Crippen molar-refractivity contribution >= 4 is 5.91 Å². The van der Waals surface area contributed by atoms with E-state index in [1.165, 1.54) is 12.1 Å². The number of aromatic nitrogens is 3. The number of benzene rings is 1. The highest BCUT2D eigenvalue weighted by Gasteiger charge is 2.20. The maximum absolute atomic E-state index is 13.5. The lowest BCUT2D eigenvalue weighted by atomic mass is 10.1.